The fourth-order valence-electron chi connectivity index (χ4n) is 3.51. The second-order valence-corrected chi connectivity index (χ2v) is 6.60. The molecule has 2 atom stereocenters. The van der Waals surface area contributed by atoms with E-state index in [9.17, 15) is 35.1 Å². The number of hydrogen-bond acceptors (Lipinski definition) is 8. The number of hydrogen-bond donors (Lipinski definition) is 5. The highest BCUT2D eigenvalue weighted by molar-refractivity contribution is 6.30. The fraction of sp³-hybridized carbons (Fsp3) is 0.222. The van der Waals surface area contributed by atoms with Crippen LogP contribution in [0.4, 0.5) is 0 Å². The topological polar surface area (TPSA) is 145 Å². The fourth-order valence-corrected chi connectivity index (χ4v) is 3.51. The maximum Gasteiger partial charge on any atom is 0.208 e. The molecular weight excluding hydrogens is 344 g/mol. The molecule has 4 rings (SSSR count). The Bertz CT molecular complexity index is 1000. The number of aliphatic hydroxyl groups is 2. The molecule has 0 spiro atoms. The molecule has 0 radical (unpaired) electrons. The zero-order chi connectivity index (χ0) is 19.0. The number of fused-ring (bicyclic) bond motifs is 3. The van der Waals surface area contributed by atoms with Crippen LogP contribution in [-0.4, -0.2) is 42.9 Å². The monoisotopic (exact) mass is 358 g/mol. The third-order valence-electron chi connectivity index (χ3n) is 4.58. The minimum atomic E-state index is -1.72. The predicted molar refractivity (Wildman–Crippen MR) is 85.6 cm³/mol. The van der Waals surface area contributed by atoms with Gasteiger partial charge in [0.1, 0.15) is 23.0 Å². The van der Waals surface area contributed by atoms with Crippen LogP contribution in [0.5, 0.6) is 23.0 Å². The summed E-state index contributed by atoms with van der Waals surface area (Å²) in [5, 5.41) is 50.4. The summed E-state index contributed by atoms with van der Waals surface area (Å²) in [4.78, 5) is 25.6. The molecule has 134 valence electrons. The molecule has 1 aliphatic heterocycles. The molecule has 2 aliphatic rings. The van der Waals surface area contributed by atoms with Crippen molar-refractivity contribution in [2.24, 2.45) is 0 Å². The van der Waals surface area contributed by atoms with Crippen molar-refractivity contribution in [3.8, 4) is 23.0 Å². The summed E-state index contributed by atoms with van der Waals surface area (Å²) >= 11 is 0. The van der Waals surface area contributed by atoms with E-state index in [-0.39, 0.29) is 40.0 Å². The van der Waals surface area contributed by atoms with Crippen LogP contribution < -0.4 is 4.74 Å². The Balaban J connectivity index is 2.02. The van der Waals surface area contributed by atoms with Crippen LogP contribution in [0, 0.1) is 0 Å². The number of ether oxygens (including phenoxy) is 1. The molecule has 2 aromatic carbocycles. The van der Waals surface area contributed by atoms with Crippen molar-refractivity contribution in [1.82, 2.24) is 0 Å². The average molecular weight is 358 g/mol. The van der Waals surface area contributed by atoms with E-state index in [4.69, 9.17) is 4.74 Å². The van der Waals surface area contributed by atoms with Gasteiger partial charge in [-0.3, -0.25) is 9.59 Å². The van der Waals surface area contributed by atoms with E-state index in [1.165, 1.54) is 6.92 Å². The SMILES string of the molecule is CC1(O)CC(O)c2c(cc3c(c2O)C(=O)c2c(O)cc(O)cc2C3=O)O1. The number of rotatable bonds is 0. The molecule has 0 saturated heterocycles. The van der Waals surface area contributed by atoms with Gasteiger partial charge in [0.05, 0.1) is 22.8 Å². The summed E-state index contributed by atoms with van der Waals surface area (Å²) in [5.74, 6) is -5.03. The van der Waals surface area contributed by atoms with Crippen LogP contribution in [0.15, 0.2) is 18.2 Å². The van der Waals surface area contributed by atoms with Gasteiger partial charge in [-0.15, -0.1) is 0 Å². The Kier molecular flexibility index (Phi) is 3.13. The van der Waals surface area contributed by atoms with E-state index < -0.39 is 40.7 Å². The van der Waals surface area contributed by atoms with Gasteiger partial charge in [-0.1, -0.05) is 0 Å². The normalized spacial score (nSPS) is 23.7. The number of benzene rings is 2. The van der Waals surface area contributed by atoms with E-state index in [0.717, 1.165) is 18.2 Å². The molecule has 0 bridgehead atoms. The number of aliphatic hydroxyl groups excluding tert-OH is 1. The third kappa shape index (κ3) is 2.09. The zero-order valence-corrected chi connectivity index (χ0v) is 13.5. The lowest BCUT2D eigenvalue weighted by atomic mass is 9.80. The molecule has 2 unspecified atom stereocenters. The van der Waals surface area contributed by atoms with Crippen molar-refractivity contribution in [2.75, 3.05) is 0 Å². The van der Waals surface area contributed by atoms with E-state index >= 15 is 0 Å². The largest absolute Gasteiger partial charge is 0.508 e. The summed E-state index contributed by atoms with van der Waals surface area (Å²) in [7, 11) is 0. The van der Waals surface area contributed by atoms with Crippen molar-refractivity contribution in [3.63, 3.8) is 0 Å². The minimum absolute atomic E-state index is 0.113. The second-order valence-electron chi connectivity index (χ2n) is 6.60. The van der Waals surface area contributed by atoms with Gasteiger partial charge in [0.15, 0.2) is 5.78 Å². The number of phenolic OH excluding ortho intramolecular Hbond substituents is 3. The Morgan fingerprint density at radius 3 is 2.38 bits per heavy atom. The first-order valence-electron chi connectivity index (χ1n) is 7.75. The summed E-state index contributed by atoms with van der Waals surface area (Å²) in [6.07, 6.45) is -1.57. The Morgan fingerprint density at radius 1 is 1.04 bits per heavy atom. The van der Waals surface area contributed by atoms with E-state index in [0.29, 0.717) is 0 Å². The van der Waals surface area contributed by atoms with Gasteiger partial charge in [-0.25, -0.2) is 0 Å². The Labute approximate surface area is 146 Å². The van der Waals surface area contributed by atoms with Crippen LogP contribution in [0.1, 0.15) is 56.9 Å². The highest BCUT2D eigenvalue weighted by atomic mass is 16.6. The standard InChI is InChI=1S/C18H14O8/c1-18(25)5-10(21)14-11(26-18)4-8-13(17(14)24)16(23)12-7(15(8)22)2-6(19)3-9(12)20/h2-4,10,19-21,24-25H,5H2,1H3. The molecule has 1 heterocycles. The molecule has 0 fully saturated rings. The summed E-state index contributed by atoms with van der Waals surface area (Å²) in [6, 6.07) is 3.12. The van der Waals surface area contributed by atoms with E-state index in [1.54, 1.807) is 0 Å². The number of phenols is 3. The van der Waals surface area contributed by atoms with Crippen molar-refractivity contribution < 1.29 is 39.9 Å². The number of carbonyl (C=O) groups excluding carboxylic acids is 2. The molecule has 2 aromatic rings. The molecule has 1 aliphatic carbocycles. The maximum absolute atomic E-state index is 12.8. The molecule has 0 saturated carbocycles. The van der Waals surface area contributed by atoms with Crippen molar-refractivity contribution in [2.45, 2.75) is 25.2 Å². The van der Waals surface area contributed by atoms with Gasteiger partial charge >= 0.3 is 0 Å². The molecule has 0 aromatic heterocycles. The van der Waals surface area contributed by atoms with Gasteiger partial charge in [-0.2, -0.15) is 0 Å². The quantitative estimate of drug-likeness (QED) is 0.402. The minimum Gasteiger partial charge on any atom is -0.508 e. The molecule has 0 amide bonds. The highest BCUT2D eigenvalue weighted by Crippen LogP contribution is 2.49. The van der Waals surface area contributed by atoms with Gasteiger partial charge in [-0.05, 0) is 12.1 Å². The lowest BCUT2D eigenvalue weighted by molar-refractivity contribution is -0.158. The first kappa shape index (κ1) is 16.4. The van der Waals surface area contributed by atoms with Gasteiger partial charge < -0.3 is 30.3 Å². The lowest BCUT2D eigenvalue weighted by Gasteiger charge is -2.35. The zero-order valence-electron chi connectivity index (χ0n) is 13.5. The van der Waals surface area contributed by atoms with Gasteiger partial charge in [0.2, 0.25) is 11.6 Å². The first-order chi connectivity index (χ1) is 12.1. The van der Waals surface area contributed by atoms with Crippen LogP contribution in [0.25, 0.3) is 0 Å². The van der Waals surface area contributed by atoms with Gasteiger partial charge in [0, 0.05) is 30.5 Å². The summed E-state index contributed by atoms with van der Waals surface area (Å²) in [5.41, 5.74) is -1.26. The van der Waals surface area contributed by atoms with E-state index in [1.807, 2.05) is 0 Å². The molecule has 8 nitrogen and oxygen atoms in total. The average Bonchev–Trinajstić information content (AvgIpc) is 2.49. The van der Waals surface area contributed by atoms with Gasteiger partial charge in [0.25, 0.3) is 0 Å². The predicted octanol–water partition coefficient (Wildman–Crippen LogP) is 1.10. The molecule has 26 heavy (non-hydrogen) atoms. The second kappa shape index (κ2) is 4.96. The molecule has 5 N–H and O–H groups in total. The van der Waals surface area contributed by atoms with E-state index in [2.05, 4.69) is 0 Å². The van der Waals surface area contributed by atoms with Crippen molar-refractivity contribution in [1.29, 1.82) is 0 Å². The van der Waals surface area contributed by atoms with Crippen molar-refractivity contribution in [3.05, 3.63) is 46.0 Å². The third-order valence-corrected chi connectivity index (χ3v) is 4.58. The Hall–Kier alpha value is -3.10. The summed E-state index contributed by atoms with van der Waals surface area (Å²) < 4.78 is 5.33. The molecular formula is C18H14O8. The highest BCUT2D eigenvalue weighted by Gasteiger charge is 2.42. The van der Waals surface area contributed by atoms with Crippen LogP contribution in [-0.2, 0) is 0 Å². The number of aromatic hydroxyl groups is 3. The lowest BCUT2D eigenvalue weighted by Crippen LogP contribution is -2.38. The summed E-state index contributed by atoms with van der Waals surface area (Å²) in [6.45, 7) is 1.31. The smallest absolute Gasteiger partial charge is 0.208 e. The van der Waals surface area contributed by atoms with Crippen molar-refractivity contribution >= 4 is 11.6 Å². The Morgan fingerprint density at radius 2 is 1.69 bits per heavy atom. The number of ketones is 2. The van der Waals surface area contributed by atoms with Crippen LogP contribution >= 0.6 is 0 Å². The maximum atomic E-state index is 12.8. The van der Waals surface area contributed by atoms with Crippen LogP contribution in [0.2, 0.25) is 0 Å². The first-order valence-corrected chi connectivity index (χ1v) is 7.75. The van der Waals surface area contributed by atoms with Crippen LogP contribution in [0.3, 0.4) is 0 Å². The number of carbonyl (C=O) groups is 2. The molecule has 8 heteroatoms.